The molecule has 0 aliphatic carbocycles. The minimum atomic E-state index is -0.877. The number of allylic oxidation sites excluding steroid dienone is 4. The maximum absolute atomic E-state index is 10.6. The summed E-state index contributed by atoms with van der Waals surface area (Å²) in [6.07, 6.45) is 4.42. The number of ether oxygens (including phenoxy) is 1. The van der Waals surface area contributed by atoms with Gasteiger partial charge in [0.2, 0.25) is 0 Å². The molecule has 0 N–H and O–H groups in total. The monoisotopic (exact) mass is 565 g/mol. The standard InChI is InChI=1S/C18H15P.C10H12O2.ClH.Rh/c1-4-10-16(11-5-1)19(17-12-6-2-7-13-17)18-14-8-3-9-15-18;1-5-7-10(8(3)6-2)12-9(4)11;;/h1-15H;1,5-7H,2H2,3-4H3;1H;/q;-2;;+3/b;8-6-,10-7+;;. The van der Waals surface area contributed by atoms with E-state index in [9.17, 15) is 4.79 Å². The molecule has 0 atom stereocenters. The van der Waals surface area contributed by atoms with Crippen molar-refractivity contribution in [3.05, 3.63) is 134 Å². The Morgan fingerprint density at radius 3 is 1.48 bits per heavy atom. The first-order valence-corrected chi connectivity index (χ1v) is 13.7. The molecule has 0 fully saturated rings. The van der Waals surface area contributed by atoms with Gasteiger partial charge in [0.1, 0.15) is 15.9 Å². The Bertz CT molecular complexity index is 926. The molecule has 0 aromatic heterocycles. The van der Waals surface area contributed by atoms with Gasteiger partial charge in [0.25, 0.3) is 0 Å². The van der Waals surface area contributed by atoms with E-state index in [0.717, 1.165) is 5.57 Å². The molecular formula is C28H28ClO2PRh+. The number of hydrogen-bond donors (Lipinski definition) is 0. The first-order valence-electron chi connectivity index (χ1n) is 10.1. The summed E-state index contributed by atoms with van der Waals surface area (Å²) >= 11 is 2.02. The van der Waals surface area contributed by atoms with Gasteiger partial charge in [-0.25, -0.2) is 19.1 Å². The van der Waals surface area contributed by atoms with E-state index in [1.807, 2.05) is 17.3 Å². The first-order chi connectivity index (χ1) is 16.1. The molecule has 33 heavy (non-hydrogen) atoms. The molecule has 3 aromatic carbocycles. The predicted molar refractivity (Wildman–Crippen MR) is 140 cm³/mol. The quantitative estimate of drug-likeness (QED) is 0.0906. The van der Waals surface area contributed by atoms with E-state index in [0.29, 0.717) is 5.76 Å². The van der Waals surface area contributed by atoms with Crippen LogP contribution in [0.15, 0.2) is 121 Å². The van der Waals surface area contributed by atoms with Gasteiger partial charge >= 0.3 is 33.0 Å². The van der Waals surface area contributed by atoms with Crippen LogP contribution < -0.4 is 15.9 Å². The second-order valence-electron chi connectivity index (χ2n) is 6.68. The predicted octanol–water partition coefficient (Wildman–Crippen LogP) is 6.07. The number of carbonyl (C=O) groups excluding carboxylic acids is 1. The first kappa shape index (κ1) is 28.6. The van der Waals surface area contributed by atoms with Crippen molar-refractivity contribution in [3.63, 3.8) is 0 Å². The van der Waals surface area contributed by atoms with Crippen LogP contribution >= 0.6 is 17.6 Å². The molecule has 0 aliphatic heterocycles. The smallest absolute Gasteiger partial charge is 0.0620 e. The Morgan fingerprint density at radius 2 is 1.21 bits per heavy atom. The van der Waals surface area contributed by atoms with Crippen molar-refractivity contribution in [2.24, 2.45) is 0 Å². The molecule has 0 amide bonds. The Kier molecular flexibility index (Phi) is 14.8. The van der Waals surface area contributed by atoms with E-state index in [1.165, 1.54) is 35.0 Å². The van der Waals surface area contributed by atoms with Gasteiger partial charge in [0.05, 0.1) is 7.92 Å². The Hall–Kier alpha value is -2.44. The van der Waals surface area contributed by atoms with Crippen molar-refractivity contribution in [2.45, 2.75) is 13.8 Å². The van der Waals surface area contributed by atoms with Crippen molar-refractivity contribution in [1.29, 1.82) is 0 Å². The largest absolute Gasteiger partial charge is 0.102 e. The molecule has 172 valence electrons. The SMILES string of the molecule is [CH-]=C/C=C(OC(C)=O)\C(C)=C/[CH2-].[Cl][Rh+2].c1ccc([PH+](c2ccccc2)c2ccccc2)cc1. The molecule has 0 heterocycles. The third-order valence-electron chi connectivity index (χ3n) is 4.38. The zero-order valence-electron chi connectivity index (χ0n) is 18.7. The summed E-state index contributed by atoms with van der Waals surface area (Å²) in [6, 6.07) is 32.5. The van der Waals surface area contributed by atoms with Crippen molar-refractivity contribution >= 4 is 39.5 Å². The number of rotatable bonds is 6. The van der Waals surface area contributed by atoms with Gasteiger partial charge in [-0.2, -0.15) is 11.6 Å². The van der Waals surface area contributed by atoms with Crippen LogP contribution in [-0.4, -0.2) is 5.97 Å². The Balaban J connectivity index is 0.000000339. The topological polar surface area (TPSA) is 26.3 Å². The molecule has 0 spiro atoms. The van der Waals surface area contributed by atoms with E-state index >= 15 is 0 Å². The number of hydrogen-bond acceptors (Lipinski definition) is 2. The second kappa shape index (κ2) is 17.1. The summed E-state index contributed by atoms with van der Waals surface area (Å²) in [6.45, 7) is 11.8. The van der Waals surface area contributed by atoms with Crippen LogP contribution in [-0.2, 0) is 26.8 Å². The average Bonchev–Trinajstić information content (AvgIpc) is 2.87. The third kappa shape index (κ3) is 10.4. The molecule has 0 saturated carbocycles. The van der Waals surface area contributed by atoms with E-state index < -0.39 is 7.92 Å². The van der Waals surface area contributed by atoms with Crippen LogP contribution in [0.5, 0.6) is 0 Å². The van der Waals surface area contributed by atoms with Gasteiger partial charge in [-0.3, -0.25) is 11.4 Å². The number of benzene rings is 3. The van der Waals surface area contributed by atoms with Crippen LogP contribution in [0.1, 0.15) is 13.8 Å². The van der Waals surface area contributed by atoms with Crippen LogP contribution in [0.25, 0.3) is 0 Å². The fraction of sp³-hybridized carbons (Fsp3) is 0.0714. The summed E-state index contributed by atoms with van der Waals surface area (Å²) < 4.78 is 4.85. The fourth-order valence-corrected chi connectivity index (χ4v) is 5.48. The Morgan fingerprint density at radius 1 is 0.848 bits per heavy atom. The fourth-order valence-electron chi connectivity index (χ4n) is 2.90. The molecule has 0 unspecified atom stereocenters. The van der Waals surface area contributed by atoms with Gasteiger partial charge < -0.3 is 4.74 Å². The molecule has 0 saturated heterocycles. The number of carbonyl (C=O) groups is 1. The normalized spacial score (nSPS) is 10.8. The number of halogens is 1. The zero-order valence-corrected chi connectivity index (χ0v) is 22.1. The summed E-state index contributed by atoms with van der Waals surface area (Å²) in [4.78, 5) is 10.6. The van der Waals surface area contributed by atoms with E-state index in [2.05, 4.69) is 108 Å². The van der Waals surface area contributed by atoms with Gasteiger partial charge in [-0.15, -0.1) is 6.92 Å². The van der Waals surface area contributed by atoms with Gasteiger partial charge in [-0.1, -0.05) is 54.6 Å². The maximum Gasteiger partial charge on any atom is 0.102 e. The van der Waals surface area contributed by atoms with Crippen molar-refractivity contribution < 1.29 is 26.8 Å². The van der Waals surface area contributed by atoms with Gasteiger partial charge in [0.15, 0.2) is 0 Å². The van der Waals surface area contributed by atoms with E-state index in [-0.39, 0.29) is 5.97 Å². The summed E-state index contributed by atoms with van der Waals surface area (Å²) in [5.74, 6) is 0.0595. The molecular weight excluding hydrogens is 538 g/mol. The third-order valence-corrected chi connectivity index (χ3v) is 7.12. The van der Waals surface area contributed by atoms with E-state index in [1.54, 1.807) is 13.0 Å². The van der Waals surface area contributed by atoms with Crippen LogP contribution in [0, 0.1) is 13.5 Å². The minimum absolute atomic E-state index is 0.371. The minimum Gasteiger partial charge on any atom is -0.0620 e. The van der Waals surface area contributed by atoms with Gasteiger partial charge in [-0.05, 0) is 42.2 Å². The molecule has 0 aliphatic rings. The van der Waals surface area contributed by atoms with Crippen LogP contribution in [0.3, 0.4) is 0 Å². The van der Waals surface area contributed by atoms with Crippen LogP contribution in [0.4, 0.5) is 0 Å². The molecule has 2 nitrogen and oxygen atoms in total. The Labute approximate surface area is 213 Å². The molecule has 3 aromatic rings. The molecule has 0 bridgehead atoms. The van der Waals surface area contributed by atoms with Crippen molar-refractivity contribution in [3.8, 4) is 0 Å². The zero-order chi connectivity index (χ0) is 24.5. The van der Waals surface area contributed by atoms with Crippen molar-refractivity contribution in [2.75, 3.05) is 0 Å². The summed E-state index contributed by atoms with van der Waals surface area (Å²) in [5.41, 5.74) is 0.770. The molecule has 5 heteroatoms. The average molecular weight is 566 g/mol. The van der Waals surface area contributed by atoms with Crippen LogP contribution in [0.2, 0.25) is 0 Å². The molecule has 3 rings (SSSR count). The van der Waals surface area contributed by atoms with E-state index in [4.69, 9.17) is 11.3 Å². The van der Waals surface area contributed by atoms with Crippen molar-refractivity contribution in [1.82, 2.24) is 0 Å². The summed E-state index contributed by atoms with van der Waals surface area (Å²) in [7, 11) is 3.65. The van der Waals surface area contributed by atoms with Gasteiger partial charge in [0, 0.05) is 6.92 Å². The maximum atomic E-state index is 10.6. The second-order valence-corrected chi connectivity index (χ2v) is 9.16. The number of esters is 1. The molecule has 0 radical (unpaired) electrons. The summed E-state index contributed by atoms with van der Waals surface area (Å²) in [5, 5.41) is 4.31.